The second-order valence-corrected chi connectivity index (χ2v) is 13.0. The molecule has 1 atom stereocenters. The first-order valence-electron chi connectivity index (χ1n) is 10.8. The summed E-state index contributed by atoms with van der Waals surface area (Å²) in [4.78, 5) is 11.2. The molecule has 0 aliphatic heterocycles. The minimum atomic E-state index is -2.68. The van der Waals surface area contributed by atoms with Crippen LogP contribution in [0.1, 0.15) is 27.7 Å². The van der Waals surface area contributed by atoms with Crippen molar-refractivity contribution in [3.63, 3.8) is 0 Å². The van der Waals surface area contributed by atoms with Gasteiger partial charge in [-0.1, -0.05) is 118 Å². The van der Waals surface area contributed by atoms with E-state index in [2.05, 4.69) is 80.6 Å². The van der Waals surface area contributed by atoms with Gasteiger partial charge >= 0.3 is 5.97 Å². The van der Waals surface area contributed by atoms with Gasteiger partial charge in [0.15, 0.2) is 0 Å². The average molecular weight is 447 g/mol. The maximum Gasteiger partial charge on any atom is 0.330 e. The number of ether oxygens (including phenoxy) is 1. The van der Waals surface area contributed by atoms with E-state index in [1.54, 1.807) is 12.2 Å². The van der Waals surface area contributed by atoms with E-state index in [1.165, 1.54) is 23.6 Å². The number of esters is 1. The van der Waals surface area contributed by atoms with Gasteiger partial charge in [0, 0.05) is 6.08 Å². The lowest BCUT2D eigenvalue weighted by Crippen LogP contribution is -2.67. The number of carbonyl (C=O) groups excluding carboxylic acids is 1. The molecule has 0 saturated heterocycles. The van der Waals surface area contributed by atoms with E-state index in [0.717, 1.165) is 5.57 Å². The first-order valence-corrected chi connectivity index (χ1v) is 12.7. The SMILES string of the molecule is C=C(C)C(/C=C/C=C/C=C/C(=O)OC)O[Si](c1ccccc1)(c1ccccc1)C(C)(C)C. The maximum absolute atomic E-state index is 11.2. The van der Waals surface area contributed by atoms with E-state index in [1.807, 2.05) is 37.3 Å². The van der Waals surface area contributed by atoms with Crippen LogP contribution in [0.3, 0.4) is 0 Å². The Morgan fingerprint density at radius 3 is 1.84 bits per heavy atom. The number of hydrogen-bond donors (Lipinski definition) is 0. The molecule has 168 valence electrons. The predicted octanol–water partition coefficient (Wildman–Crippen LogP) is 5.35. The van der Waals surface area contributed by atoms with Crippen LogP contribution < -0.4 is 10.4 Å². The molecule has 0 aromatic heterocycles. The summed E-state index contributed by atoms with van der Waals surface area (Å²) in [5.41, 5.74) is 0.938. The van der Waals surface area contributed by atoms with Crippen molar-refractivity contribution in [1.29, 1.82) is 0 Å². The van der Waals surface area contributed by atoms with Crippen LogP contribution in [0.15, 0.2) is 109 Å². The van der Waals surface area contributed by atoms with Gasteiger partial charge in [0.05, 0.1) is 13.2 Å². The van der Waals surface area contributed by atoms with Crippen LogP contribution in [0.4, 0.5) is 0 Å². The Kier molecular flexibility index (Phi) is 9.18. The molecule has 0 bridgehead atoms. The quantitative estimate of drug-likeness (QED) is 0.171. The highest BCUT2D eigenvalue weighted by molar-refractivity contribution is 6.99. The van der Waals surface area contributed by atoms with Crippen molar-refractivity contribution in [2.24, 2.45) is 0 Å². The van der Waals surface area contributed by atoms with Crippen LogP contribution in [-0.2, 0) is 14.0 Å². The third-order valence-corrected chi connectivity index (χ3v) is 10.3. The van der Waals surface area contributed by atoms with Crippen LogP contribution in [0.2, 0.25) is 5.04 Å². The number of rotatable bonds is 9. The van der Waals surface area contributed by atoms with Crippen molar-refractivity contribution in [2.75, 3.05) is 7.11 Å². The van der Waals surface area contributed by atoms with E-state index in [-0.39, 0.29) is 17.1 Å². The van der Waals surface area contributed by atoms with Crippen LogP contribution in [0.5, 0.6) is 0 Å². The monoisotopic (exact) mass is 446 g/mol. The number of benzene rings is 2. The Morgan fingerprint density at radius 2 is 1.41 bits per heavy atom. The van der Waals surface area contributed by atoms with Crippen LogP contribution in [0.25, 0.3) is 0 Å². The molecular formula is C28H34O3Si. The van der Waals surface area contributed by atoms with Crippen LogP contribution in [0, 0.1) is 0 Å². The third-order valence-electron chi connectivity index (χ3n) is 5.26. The third kappa shape index (κ3) is 6.28. The predicted molar refractivity (Wildman–Crippen MR) is 137 cm³/mol. The number of hydrogen-bond acceptors (Lipinski definition) is 3. The molecule has 0 aliphatic rings. The first-order chi connectivity index (χ1) is 15.2. The van der Waals surface area contributed by atoms with Crippen molar-refractivity contribution in [3.8, 4) is 0 Å². The first kappa shape index (κ1) is 25.3. The molecule has 32 heavy (non-hydrogen) atoms. The zero-order valence-electron chi connectivity index (χ0n) is 19.7. The van der Waals surface area contributed by atoms with Gasteiger partial charge in [0.2, 0.25) is 0 Å². The summed E-state index contributed by atoms with van der Waals surface area (Å²) in [5.74, 6) is -0.381. The van der Waals surface area contributed by atoms with Gasteiger partial charge in [0.25, 0.3) is 8.32 Å². The fraction of sp³-hybridized carbons (Fsp3) is 0.250. The molecule has 0 fully saturated rings. The Bertz CT molecular complexity index is 927. The molecule has 2 aromatic carbocycles. The van der Waals surface area contributed by atoms with E-state index in [9.17, 15) is 4.79 Å². The Labute approximate surface area is 193 Å². The van der Waals surface area contributed by atoms with Gasteiger partial charge in [-0.05, 0) is 27.9 Å². The molecule has 2 aromatic rings. The zero-order valence-corrected chi connectivity index (χ0v) is 20.7. The molecule has 0 spiro atoms. The number of allylic oxidation sites excluding steroid dienone is 4. The smallest absolute Gasteiger partial charge is 0.330 e. The van der Waals surface area contributed by atoms with Gasteiger partial charge in [-0.15, -0.1) is 0 Å². The summed E-state index contributed by atoms with van der Waals surface area (Å²) in [7, 11) is -1.32. The fourth-order valence-corrected chi connectivity index (χ4v) is 8.36. The summed E-state index contributed by atoms with van der Waals surface area (Å²) < 4.78 is 11.7. The molecule has 0 N–H and O–H groups in total. The minimum absolute atomic E-state index is 0.115. The van der Waals surface area contributed by atoms with Gasteiger partial charge in [0.1, 0.15) is 0 Å². The number of methoxy groups -OCH3 is 1. The van der Waals surface area contributed by atoms with Gasteiger partial charge < -0.3 is 9.16 Å². The lowest BCUT2D eigenvalue weighted by Gasteiger charge is -2.45. The molecule has 0 saturated carbocycles. The summed E-state index contributed by atoms with van der Waals surface area (Å²) in [5, 5.41) is 2.35. The van der Waals surface area contributed by atoms with Crippen molar-refractivity contribution in [2.45, 2.75) is 38.8 Å². The summed E-state index contributed by atoms with van der Waals surface area (Å²) >= 11 is 0. The van der Waals surface area contributed by atoms with Crippen LogP contribution >= 0.6 is 0 Å². The van der Waals surface area contributed by atoms with Crippen molar-refractivity contribution in [3.05, 3.63) is 109 Å². The molecule has 2 rings (SSSR count). The molecule has 0 radical (unpaired) electrons. The van der Waals surface area contributed by atoms with Crippen molar-refractivity contribution < 1.29 is 14.0 Å². The molecule has 4 heteroatoms. The molecular weight excluding hydrogens is 412 g/mol. The Morgan fingerprint density at radius 1 is 0.906 bits per heavy atom. The second-order valence-electron chi connectivity index (χ2n) is 8.70. The Balaban J connectivity index is 2.48. The average Bonchev–Trinajstić information content (AvgIpc) is 2.78. The van der Waals surface area contributed by atoms with E-state index < -0.39 is 8.32 Å². The maximum atomic E-state index is 11.2. The molecule has 0 aliphatic carbocycles. The van der Waals surface area contributed by atoms with E-state index in [4.69, 9.17) is 4.43 Å². The topological polar surface area (TPSA) is 35.5 Å². The van der Waals surface area contributed by atoms with E-state index in [0.29, 0.717) is 0 Å². The largest absolute Gasteiger partial charge is 0.466 e. The molecule has 1 unspecified atom stereocenters. The van der Waals surface area contributed by atoms with Gasteiger partial charge in [-0.3, -0.25) is 0 Å². The van der Waals surface area contributed by atoms with Crippen LogP contribution in [-0.4, -0.2) is 27.5 Å². The summed E-state index contributed by atoms with van der Waals surface area (Å²) in [6.45, 7) is 13.0. The highest BCUT2D eigenvalue weighted by atomic mass is 28.4. The molecule has 0 heterocycles. The van der Waals surface area contributed by atoms with E-state index >= 15 is 0 Å². The van der Waals surface area contributed by atoms with Crippen molar-refractivity contribution in [1.82, 2.24) is 0 Å². The van der Waals surface area contributed by atoms with Crippen molar-refractivity contribution >= 4 is 24.7 Å². The lowest BCUT2D eigenvalue weighted by molar-refractivity contribution is -0.134. The lowest BCUT2D eigenvalue weighted by atomic mass is 10.2. The Hall–Kier alpha value is -2.95. The highest BCUT2D eigenvalue weighted by Crippen LogP contribution is 2.38. The summed E-state index contributed by atoms with van der Waals surface area (Å²) in [6, 6.07) is 21.1. The molecule has 3 nitrogen and oxygen atoms in total. The second kappa shape index (κ2) is 11.6. The fourth-order valence-electron chi connectivity index (χ4n) is 3.68. The highest BCUT2D eigenvalue weighted by Gasteiger charge is 2.51. The minimum Gasteiger partial charge on any atom is -0.466 e. The molecule has 0 amide bonds. The zero-order chi connectivity index (χ0) is 23.6. The summed E-state index contributed by atoms with van der Waals surface area (Å²) in [6.07, 6.45) is 10.4. The number of carbonyl (C=O) groups is 1. The van der Waals surface area contributed by atoms with Gasteiger partial charge in [-0.25, -0.2) is 4.79 Å². The normalized spacial score (nSPS) is 13.7. The standard InChI is InChI=1S/C28H34O3Si/c1-23(2)26(21-15-7-8-16-22-27(29)30-6)31-32(28(3,4)5,24-17-11-9-12-18-24)25-19-13-10-14-20-25/h7-22,26H,1H2,2-6H3/b8-7+,21-15+,22-16+. The van der Waals surface area contributed by atoms with Gasteiger partial charge in [-0.2, -0.15) is 0 Å².